The molecule has 1 heterocycles. The summed E-state index contributed by atoms with van der Waals surface area (Å²) in [6, 6.07) is 0. The van der Waals surface area contributed by atoms with Gasteiger partial charge in [0.1, 0.15) is 18.7 Å². The molecule has 5 heteroatoms. The number of rotatable bonds is 2. The molecule has 0 aromatic rings. The second-order valence-electron chi connectivity index (χ2n) is 4.44. The Morgan fingerprint density at radius 1 is 1.44 bits per heavy atom. The smallest absolute Gasteiger partial charge is 0.315 e. The second kappa shape index (κ2) is 4.92. The van der Waals surface area contributed by atoms with Gasteiger partial charge in [-0.25, -0.2) is 0 Å². The third-order valence-electron chi connectivity index (χ3n) is 1.73. The summed E-state index contributed by atoms with van der Waals surface area (Å²) in [6.07, 6.45) is 4.60. The van der Waals surface area contributed by atoms with Crippen LogP contribution in [0.5, 0.6) is 0 Å². The maximum Gasteiger partial charge on any atom is 0.315 e. The highest BCUT2D eigenvalue weighted by molar-refractivity contribution is 5.95. The van der Waals surface area contributed by atoms with Crippen LogP contribution >= 0.6 is 0 Å². The fourth-order valence-electron chi connectivity index (χ4n) is 1.15. The first-order valence-corrected chi connectivity index (χ1v) is 5.06. The van der Waals surface area contributed by atoms with E-state index in [-0.39, 0.29) is 19.0 Å². The van der Waals surface area contributed by atoms with Crippen LogP contribution < -0.4 is 0 Å². The van der Waals surface area contributed by atoms with E-state index in [4.69, 9.17) is 4.74 Å². The summed E-state index contributed by atoms with van der Waals surface area (Å²) in [5, 5.41) is 0. The Morgan fingerprint density at radius 2 is 2.12 bits per heavy atom. The third-order valence-corrected chi connectivity index (χ3v) is 1.73. The van der Waals surface area contributed by atoms with Crippen LogP contribution in [0.3, 0.4) is 0 Å². The first-order chi connectivity index (χ1) is 7.38. The number of aliphatic imine (C=N–C) groups is 1. The predicted octanol–water partition coefficient (Wildman–Crippen LogP) is 1.10. The first kappa shape index (κ1) is 12.4. The summed E-state index contributed by atoms with van der Waals surface area (Å²) >= 11 is 0. The van der Waals surface area contributed by atoms with E-state index in [1.165, 1.54) is 4.90 Å². The Kier molecular flexibility index (Phi) is 3.82. The van der Waals surface area contributed by atoms with Crippen molar-refractivity contribution in [3.63, 3.8) is 0 Å². The highest BCUT2D eigenvalue weighted by atomic mass is 16.6. The number of carbonyl (C=O) groups is 2. The predicted molar refractivity (Wildman–Crippen MR) is 59.8 cm³/mol. The highest BCUT2D eigenvalue weighted by Gasteiger charge is 2.21. The lowest BCUT2D eigenvalue weighted by Crippen LogP contribution is -2.32. The van der Waals surface area contributed by atoms with Crippen LogP contribution in [0.25, 0.3) is 0 Å². The normalized spacial score (nSPS) is 15.1. The standard InChI is InChI=1S/C11H16N2O3/c1-11(2,3)16-10(15)7-9(14)13-6-4-5-12-8-13/h4-6H,7-8H2,1-3H3. The van der Waals surface area contributed by atoms with E-state index in [2.05, 4.69) is 4.99 Å². The van der Waals surface area contributed by atoms with Crippen LogP contribution in [0.4, 0.5) is 0 Å². The van der Waals surface area contributed by atoms with E-state index >= 15 is 0 Å². The topological polar surface area (TPSA) is 59.0 Å². The molecular weight excluding hydrogens is 208 g/mol. The minimum absolute atomic E-state index is 0.253. The summed E-state index contributed by atoms with van der Waals surface area (Å²) in [4.78, 5) is 28.3. The van der Waals surface area contributed by atoms with Crippen molar-refractivity contribution in [2.75, 3.05) is 6.67 Å². The van der Waals surface area contributed by atoms with Gasteiger partial charge in [0.2, 0.25) is 5.91 Å². The van der Waals surface area contributed by atoms with Crippen LogP contribution in [0.15, 0.2) is 17.3 Å². The molecule has 88 valence electrons. The van der Waals surface area contributed by atoms with Gasteiger partial charge in [-0.3, -0.25) is 19.5 Å². The lowest BCUT2D eigenvalue weighted by Gasteiger charge is -2.21. The average Bonchev–Trinajstić information content (AvgIpc) is 2.16. The molecule has 16 heavy (non-hydrogen) atoms. The number of amides is 1. The molecule has 0 atom stereocenters. The zero-order chi connectivity index (χ0) is 12.2. The van der Waals surface area contributed by atoms with Gasteiger partial charge in [-0.2, -0.15) is 0 Å². The minimum atomic E-state index is -0.562. The molecule has 0 aromatic heterocycles. The molecule has 0 fully saturated rings. The van der Waals surface area contributed by atoms with Gasteiger partial charge in [-0.1, -0.05) is 0 Å². The van der Waals surface area contributed by atoms with Crippen molar-refractivity contribution >= 4 is 18.1 Å². The van der Waals surface area contributed by atoms with Crippen molar-refractivity contribution in [2.24, 2.45) is 4.99 Å². The molecule has 0 radical (unpaired) electrons. The molecule has 0 spiro atoms. The highest BCUT2D eigenvalue weighted by Crippen LogP contribution is 2.09. The van der Waals surface area contributed by atoms with Crippen molar-refractivity contribution < 1.29 is 14.3 Å². The number of allylic oxidation sites excluding steroid dienone is 1. The molecule has 0 bridgehead atoms. The van der Waals surface area contributed by atoms with Crippen LogP contribution in [0.1, 0.15) is 27.2 Å². The molecule has 1 rings (SSSR count). The number of hydrogen-bond acceptors (Lipinski definition) is 4. The molecule has 0 aliphatic carbocycles. The SMILES string of the molecule is CC(C)(C)OC(=O)CC(=O)N1C=CC=NC1. The molecule has 0 saturated carbocycles. The van der Waals surface area contributed by atoms with E-state index in [1.807, 2.05) is 0 Å². The molecule has 1 aliphatic rings. The monoisotopic (exact) mass is 224 g/mol. The number of carbonyl (C=O) groups excluding carboxylic acids is 2. The zero-order valence-electron chi connectivity index (χ0n) is 9.77. The molecule has 0 saturated heterocycles. The number of ether oxygens (including phenoxy) is 1. The summed E-state index contributed by atoms with van der Waals surface area (Å²) in [7, 11) is 0. The van der Waals surface area contributed by atoms with E-state index in [0.717, 1.165) is 0 Å². The summed E-state index contributed by atoms with van der Waals surface area (Å²) in [5.41, 5.74) is -0.562. The summed E-state index contributed by atoms with van der Waals surface area (Å²) in [6.45, 7) is 5.56. The van der Waals surface area contributed by atoms with E-state index in [9.17, 15) is 9.59 Å². The van der Waals surface area contributed by atoms with Gasteiger partial charge >= 0.3 is 5.97 Å². The largest absolute Gasteiger partial charge is 0.460 e. The molecule has 0 N–H and O–H groups in total. The Morgan fingerprint density at radius 3 is 2.62 bits per heavy atom. The maximum absolute atomic E-state index is 11.6. The van der Waals surface area contributed by atoms with Gasteiger partial charge in [0.15, 0.2) is 0 Å². The Bertz CT molecular complexity index is 340. The number of esters is 1. The lowest BCUT2D eigenvalue weighted by molar-refractivity contribution is -0.157. The van der Waals surface area contributed by atoms with Crippen LogP contribution in [0, 0.1) is 0 Å². The van der Waals surface area contributed by atoms with Crippen molar-refractivity contribution in [1.29, 1.82) is 0 Å². The van der Waals surface area contributed by atoms with Crippen LogP contribution in [0.2, 0.25) is 0 Å². The van der Waals surface area contributed by atoms with Gasteiger partial charge < -0.3 is 4.74 Å². The molecule has 0 aromatic carbocycles. The Hall–Kier alpha value is -1.65. The Labute approximate surface area is 94.8 Å². The maximum atomic E-state index is 11.6. The Balaban J connectivity index is 2.42. The summed E-state index contributed by atoms with van der Waals surface area (Å²) in [5.74, 6) is -0.817. The third kappa shape index (κ3) is 4.25. The number of hydrogen-bond donors (Lipinski definition) is 0. The zero-order valence-corrected chi connectivity index (χ0v) is 9.77. The summed E-state index contributed by atoms with van der Waals surface area (Å²) < 4.78 is 5.05. The quantitative estimate of drug-likeness (QED) is 0.521. The van der Waals surface area contributed by atoms with Gasteiger partial charge in [0.25, 0.3) is 0 Å². The van der Waals surface area contributed by atoms with Crippen molar-refractivity contribution in [2.45, 2.75) is 32.8 Å². The van der Waals surface area contributed by atoms with Crippen molar-refractivity contribution in [1.82, 2.24) is 4.90 Å². The molecule has 5 nitrogen and oxygen atoms in total. The van der Waals surface area contributed by atoms with E-state index < -0.39 is 11.6 Å². The van der Waals surface area contributed by atoms with Gasteiger partial charge in [-0.15, -0.1) is 0 Å². The lowest BCUT2D eigenvalue weighted by atomic mass is 10.2. The first-order valence-electron chi connectivity index (χ1n) is 5.06. The molecule has 0 unspecified atom stereocenters. The average molecular weight is 224 g/mol. The molecule has 1 amide bonds. The minimum Gasteiger partial charge on any atom is -0.460 e. The molecule has 1 aliphatic heterocycles. The second-order valence-corrected chi connectivity index (χ2v) is 4.44. The number of nitrogens with zero attached hydrogens (tertiary/aromatic N) is 2. The van der Waals surface area contributed by atoms with Gasteiger partial charge in [0, 0.05) is 12.4 Å². The van der Waals surface area contributed by atoms with E-state index in [0.29, 0.717) is 0 Å². The van der Waals surface area contributed by atoms with Gasteiger partial charge in [-0.05, 0) is 26.8 Å². The van der Waals surface area contributed by atoms with Crippen molar-refractivity contribution in [3.05, 3.63) is 12.3 Å². The van der Waals surface area contributed by atoms with Crippen LogP contribution in [-0.2, 0) is 14.3 Å². The fourth-order valence-corrected chi connectivity index (χ4v) is 1.15. The van der Waals surface area contributed by atoms with E-state index in [1.54, 1.807) is 39.3 Å². The molecular formula is C11H16N2O3. The van der Waals surface area contributed by atoms with Crippen LogP contribution in [-0.4, -0.2) is 35.3 Å². The van der Waals surface area contributed by atoms with Gasteiger partial charge in [0.05, 0.1) is 0 Å². The van der Waals surface area contributed by atoms with Crippen molar-refractivity contribution in [3.8, 4) is 0 Å². The fraction of sp³-hybridized carbons (Fsp3) is 0.545.